The molecule has 1 saturated carbocycles. The standard InChI is InChI=1S/C51H81O16P/c1-3-5-7-8-9-10-11-12-13-14-15-16-17-18-19-20-21-22-27-31-44(55)64-36-39-37-65-68(62,63)67-51-49(60)47(58)41(34-33-38(52)29-25-6-4-2)43(54)35-42(53)40(46(57)48(59)50(51)61)30-26-23-24-28-32-45(56)66-39/h9-10,12-13,15-16,18-19,21-23,26,33-34,38-42,46-53,57-61H,3-8,11,14,17,20,24-25,27-32,35-37H2,1-2H3,(H,62,63)/b10-9-,13-12-,16-15-,19-18-,22-21-,26-23-,34-33+/t38-,39+,40-,41-,42-,46+,47+,48-,49+,50+,51+/m0/s1. The van der Waals surface area contributed by atoms with Gasteiger partial charge in [0.25, 0.3) is 0 Å². The highest BCUT2D eigenvalue weighted by molar-refractivity contribution is 7.47. The van der Waals surface area contributed by atoms with E-state index in [9.17, 15) is 59.6 Å². The van der Waals surface area contributed by atoms with Crippen molar-refractivity contribution in [2.24, 2.45) is 11.8 Å². The Labute approximate surface area is 403 Å². The fourth-order valence-electron chi connectivity index (χ4n) is 7.51. The van der Waals surface area contributed by atoms with Crippen LogP contribution in [0.5, 0.6) is 0 Å². The highest BCUT2D eigenvalue weighted by Gasteiger charge is 2.49. The number of esters is 2. The normalized spacial score (nSPS) is 31.0. The molecule has 2 bridgehead atoms. The average Bonchev–Trinajstić information content (AvgIpc) is 3.31. The second-order valence-corrected chi connectivity index (χ2v) is 18.8. The van der Waals surface area contributed by atoms with E-state index in [1.165, 1.54) is 31.4 Å². The van der Waals surface area contributed by atoms with Gasteiger partial charge in [0.15, 0.2) is 6.10 Å². The van der Waals surface area contributed by atoms with Crippen molar-refractivity contribution in [1.29, 1.82) is 0 Å². The summed E-state index contributed by atoms with van der Waals surface area (Å²) in [5.41, 5.74) is 0. The van der Waals surface area contributed by atoms with Crippen molar-refractivity contribution in [2.45, 2.75) is 191 Å². The molecule has 17 heteroatoms. The fourth-order valence-corrected chi connectivity index (χ4v) is 8.48. The number of carbonyl (C=O) groups is 3. The number of hydrogen-bond donors (Lipinski definition) is 8. The summed E-state index contributed by atoms with van der Waals surface area (Å²) in [6.45, 7) is 2.69. The van der Waals surface area contributed by atoms with Crippen LogP contribution in [0.1, 0.15) is 136 Å². The summed E-state index contributed by atoms with van der Waals surface area (Å²) in [6.07, 6.45) is 19.1. The Morgan fingerprint density at radius 2 is 1.37 bits per heavy atom. The first kappa shape index (κ1) is 60.7. The minimum absolute atomic E-state index is 0.0249. The van der Waals surface area contributed by atoms with Gasteiger partial charge in [0.2, 0.25) is 0 Å². The predicted molar refractivity (Wildman–Crippen MR) is 259 cm³/mol. The number of phosphoric acid groups is 1. The van der Waals surface area contributed by atoms with E-state index >= 15 is 0 Å². The number of hydrogen-bond acceptors (Lipinski definition) is 15. The van der Waals surface area contributed by atoms with Gasteiger partial charge < -0.3 is 50.1 Å². The first-order valence-corrected chi connectivity index (χ1v) is 26.0. The van der Waals surface area contributed by atoms with Crippen LogP contribution >= 0.6 is 7.82 Å². The average molecular weight is 981 g/mol. The molecule has 0 radical (unpaired) electrons. The summed E-state index contributed by atoms with van der Waals surface area (Å²) < 4.78 is 34.5. The summed E-state index contributed by atoms with van der Waals surface area (Å²) in [7, 11) is -5.48. The van der Waals surface area contributed by atoms with Gasteiger partial charge in [-0.1, -0.05) is 131 Å². The lowest BCUT2D eigenvalue weighted by Gasteiger charge is -2.36. The van der Waals surface area contributed by atoms with E-state index in [4.69, 9.17) is 18.5 Å². The summed E-state index contributed by atoms with van der Waals surface area (Å²) in [5.74, 6) is -5.26. The third-order valence-electron chi connectivity index (χ3n) is 11.6. The Morgan fingerprint density at radius 3 is 2.00 bits per heavy atom. The van der Waals surface area contributed by atoms with E-state index in [0.29, 0.717) is 32.1 Å². The zero-order valence-corrected chi connectivity index (χ0v) is 41.0. The van der Waals surface area contributed by atoms with Crippen LogP contribution in [0.25, 0.3) is 0 Å². The molecule has 2 aliphatic rings. The van der Waals surface area contributed by atoms with E-state index in [0.717, 1.165) is 44.6 Å². The number of aliphatic hydroxyl groups excluding tert-OH is 7. The third-order valence-corrected chi connectivity index (χ3v) is 12.6. The first-order chi connectivity index (χ1) is 32.6. The van der Waals surface area contributed by atoms with E-state index in [-0.39, 0.29) is 25.7 Å². The Kier molecular flexibility index (Phi) is 31.9. The summed E-state index contributed by atoms with van der Waals surface area (Å²) >= 11 is 0. The van der Waals surface area contributed by atoms with Crippen molar-refractivity contribution in [3.63, 3.8) is 0 Å². The lowest BCUT2D eigenvalue weighted by atomic mass is 9.83. The van der Waals surface area contributed by atoms with Gasteiger partial charge >= 0.3 is 19.8 Å². The molecule has 68 heavy (non-hydrogen) atoms. The van der Waals surface area contributed by atoms with Crippen LogP contribution in [-0.4, -0.2) is 127 Å². The highest BCUT2D eigenvalue weighted by Crippen LogP contribution is 2.47. The third kappa shape index (κ3) is 25.5. The Morgan fingerprint density at radius 1 is 0.779 bits per heavy atom. The molecule has 1 heterocycles. The molecule has 1 fully saturated rings. The van der Waals surface area contributed by atoms with Gasteiger partial charge in [0, 0.05) is 25.2 Å². The van der Waals surface area contributed by atoms with Crippen LogP contribution in [-0.2, 0) is 37.5 Å². The van der Waals surface area contributed by atoms with Crippen molar-refractivity contribution < 1.29 is 78.1 Å². The molecule has 386 valence electrons. The molecule has 0 spiro atoms. The molecule has 0 aromatic rings. The molecule has 0 saturated heterocycles. The van der Waals surface area contributed by atoms with Crippen LogP contribution < -0.4 is 0 Å². The molecule has 1 aliphatic carbocycles. The number of Topliss-reactive ketones (excluding diaryl/α,β-unsaturated/α-hetero) is 1. The first-order valence-electron chi connectivity index (χ1n) is 24.5. The number of aliphatic hydroxyl groups is 7. The van der Waals surface area contributed by atoms with Crippen LogP contribution in [0.3, 0.4) is 0 Å². The Hall–Kier alpha value is -3.38. The molecule has 12 atom stereocenters. The van der Waals surface area contributed by atoms with E-state index in [1.54, 1.807) is 6.08 Å². The number of allylic oxidation sites excluding steroid dienone is 12. The molecule has 0 aromatic heterocycles. The van der Waals surface area contributed by atoms with Crippen molar-refractivity contribution in [2.75, 3.05) is 13.2 Å². The van der Waals surface area contributed by atoms with Gasteiger partial charge in [0.05, 0.1) is 36.9 Å². The maximum Gasteiger partial charge on any atom is 0.472 e. The molecule has 1 aliphatic heterocycles. The maximum absolute atomic E-state index is 13.7. The van der Waals surface area contributed by atoms with Crippen LogP contribution in [0, 0.1) is 11.8 Å². The number of carbonyl (C=O) groups excluding carboxylic acids is 3. The topological polar surface area (TPSA) is 267 Å². The van der Waals surface area contributed by atoms with Crippen molar-refractivity contribution in [1.82, 2.24) is 0 Å². The molecule has 16 nitrogen and oxygen atoms in total. The molecule has 1 unspecified atom stereocenters. The number of ketones is 1. The lowest BCUT2D eigenvalue weighted by molar-refractivity contribution is -0.166. The van der Waals surface area contributed by atoms with Crippen LogP contribution in [0.15, 0.2) is 85.1 Å². The van der Waals surface area contributed by atoms with Gasteiger partial charge in [-0.3, -0.25) is 23.4 Å². The van der Waals surface area contributed by atoms with Gasteiger partial charge in [-0.2, -0.15) is 0 Å². The number of unbranched alkanes of at least 4 members (excludes halogenated alkanes) is 5. The SMILES string of the molecule is CCCCC/C=C\C/C=C\C/C=C\C/C=C\C/C=C\CCC(=O)OC[C@@H]1COP(=O)(O)O[C@H]2[C@H](O)[C@@H](O)[C@H](O)[C@@H](C/C=C\CCCC(=O)O1)[C@@H](O)CC(=O)[C@H](/C=C/[C@@H](O)CCCCC)[C@@H](O)[C@H]2O. The second kappa shape index (κ2) is 35.7. The van der Waals surface area contributed by atoms with Crippen LogP contribution in [0.4, 0.5) is 0 Å². The largest absolute Gasteiger partial charge is 0.472 e. The molecular weight excluding hydrogens is 900 g/mol. The molecule has 2 rings (SSSR count). The Balaban J connectivity index is 2.12. The number of cyclic esters (lactones) is 1. The molecule has 0 amide bonds. The zero-order valence-electron chi connectivity index (χ0n) is 40.1. The molecule has 0 aromatic carbocycles. The summed E-state index contributed by atoms with van der Waals surface area (Å²) in [5, 5.41) is 78.3. The molecular formula is C51H81O16P. The van der Waals surface area contributed by atoms with E-state index < -0.39 is 112 Å². The number of fused-ring (bicyclic) bond motifs is 4. The molecule has 8 N–H and O–H groups in total. The summed E-state index contributed by atoms with van der Waals surface area (Å²) in [6, 6.07) is 0. The minimum Gasteiger partial charge on any atom is -0.462 e. The second-order valence-electron chi connectivity index (χ2n) is 17.4. The van der Waals surface area contributed by atoms with Crippen molar-refractivity contribution >= 4 is 25.5 Å². The van der Waals surface area contributed by atoms with Gasteiger partial charge in [-0.25, -0.2) is 4.57 Å². The monoisotopic (exact) mass is 981 g/mol. The highest BCUT2D eigenvalue weighted by atomic mass is 31.2. The van der Waals surface area contributed by atoms with Crippen molar-refractivity contribution in [3.05, 3.63) is 85.1 Å². The van der Waals surface area contributed by atoms with Gasteiger partial charge in [-0.05, 0) is 70.6 Å². The van der Waals surface area contributed by atoms with E-state index in [2.05, 4.69) is 49.5 Å². The quantitative estimate of drug-likeness (QED) is 0.0231. The van der Waals surface area contributed by atoms with Gasteiger partial charge in [-0.15, -0.1) is 0 Å². The minimum atomic E-state index is -5.48. The fraction of sp³-hybridized carbons (Fsp3) is 0.667. The Bertz CT molecular complexity index is 1690. The number of phosphoric ester groups is 1. The maximum atomic E-state index is 13.7. The predicted octanol–water partition coefficient (Wildman–Crippen LogP) is 6.64. The lowest BCUT2D eigenvalue weighted by Crippen LogP contribution is -2.55. The van der Waals surface area contributed by atoms with Crippen molar-refractivity contribution in [3.8, 4) is 0 Å². The number of rotatable bonds is 23. The van der Waals surface area contributed by atoms with E-state index in [1.807, 2.05) is 25.2 Å². The van der Waals surface area contributed by atoms with Gasteiger partial charge in [0.1, 0.15) is 36.8 Å². The smallest absolute Gasteiger partial charge is 0.462 e. The zero-order chi connectivity index (χ0) is 50.2. The number of ether oxygens (including phenoxy) is 2. The van der Waals surface area contributed by atoms with Crippen LogP contribution in [0.2, 0.25) is 0 Å². The summed E-state index contributed by atoms with van der Waals surface area (Å²) in [4.78, 5) is 50.1.